The monoisotopic (exact) mass is 423 g/mol. The molecule has 0 aliphatic carbocycles. The van der Waals surface area contributed by atoms with Crippen LogP contribution in [-0.4, -0.2) is 49.1 Å². The van der Waals surface area contributed by atoms with Gasteiger partial charge in [0.15, 0.2) is 11.5 Å². The smallest absolute Gasteiger partial charge is 0.232 e. The molecule has 9 nitrogen and oxygen atoms in total. The summed E-state index contributed by atoms with van der Waals surface area (Å²) in [7, 11) is 2.59. The van der Waals surface area contributed by atoms with E-state index in [0.717, 1.165) is 11.8 Å². The lowest BCUT2D eigenvalue weighted by Gasteiger charge is -2.14. The Bertz CT molecular complexity index is 933. The predicted octanol–water partition coefficient (Wildman–Crippen LogP) is 2.24. The number of methoxy groups -OCH3 is 4. The first-order valence-corrected chi connectivity index (χ1v) is 10.4. The number of nitrogens with one attached hydrogen (secondary N) is 2. The van der Waals surface area contributed by atoms with E-state index in [4.69, 9.17) is 18.9 Å². The number of nitrogens with zero attached hydrogens (tertiary/aromatic N) is 1. The summed E-state index contributed by atoms with van der Waals surface area (Å²) in [6.07, 6.45) is 1.05. The molecular weight excluding hydrogens is 398 g/mol. The summed E-state index contributed by atoms with van der Waals surface area (Å²) < 4.78 is 46.9. The molecule has 2 aromatic rings. The van der Waals surface area contributed by atoms with Gasteiger partial charge in [0.25, 0.3) is 0 Å². The summed E-state index contributed by atoms with van der Waals surface area (Å²) in [6, 6.07) is 10.5. The van der Waals surface area contributed by atoms with Crippen LogP contribution in [0.15, 0.2) is 41.4 Å². The van der Waals surface area contributed by atoms with Crippen molar-refractivity contribution in [2.75, 3.05) is 40.0 Å². The number of sulfonamides is 1. The number of ether oxygens (including phenoxy) is 4. The van der Waals surface area contributed by atoms with Crippen molar-refractivity contribution in [3.05, 3.63) is 42.0 Å². The maximum absolute atomic E-state index is 11.7. The maximum Gasteiger partial charge on any atom is 0.232 e. The minimum Gasteiger partial charge on any atom is -0.497 e. The van der Waals surface area contributed by atoms with Crippen LogP contribution in [0.5, 0.6) is 23.0 Å². The Labute approximate surface area is 170 Å². The van der Waals surface area contributed by atoms with Gasteiger partial charge in [-0.25, -0.2) is 13.4 Å². The molecule has 0 radical (unpaired) electrons. The third-order valence-electron chi connectivity index (χ3n) is 3.78. The molecule has 2 rings (SSSR count). The van der Waals surface area contributed by atoms with E-state index in [2.05, 4.69) is 15.0 Å². The first kappa shape index (κ1) is 22.2. The number of rotatable bonds is 8. The second-order valence-corrected chi connectivity index (χ2v) is 7.67. The molecule has 0 heterocycles. The summed E-state index contributed by atoms with van der Waals surface area (Å²) in [4.78, 5) is 4.36. The van der Waals surface area contributed by atoms with Crippen molar-refractivity contribution >= 4 is 21.7 Å². The van der Waals surface area contributed by atoms with E-state index in [1.165, 1.54) is 21.3 Å². The van der Waals surface area contributed by atoms with Gasteiger partial charge in [0.2, 0.25) is 21.7 Å². The molecule has 29 heavy (non-hydrogen) atoms. The maximum atomic E-state index is 11.7. The van der Waals surface area contributed by atoms with Gasteiger partial charge in [-0.3, -0.25) is 4.72 Å². The Balaban J connectivity index is 2.31. The minimum absolute atomic E-state index is 0.0754. The van der Waals surface area contributed by atoms with Crippen LogP contribution in [0.25, 0.3) is 0 Å². The van der Waals surface area contributed by atoms with Crippen molar-refractivity contribution in [2.45, 2.75) is 6.54 Å². The van der Waals surface area contributed by atoms with Gasteiger partial charge in [0.1, 0.15) is 5.75 Å². The van der Waals surface area contributed by atoms with Crippen LogP contribution in [0, 0.1) is 0 Å². The molecular formula is C19H25N3O6S. The van der Waals surface area contributed by atoms with Crippen molar-refractivity contribution < 1.29 is 27.4 Å². The molecule has 0 aliphatic heterocycles. The van der Waals surface area contributed by atoms with E-state index < -0.39 is 10.0 Å². The van der Waals surface area contributed by atoms with Gasteiger partial charge in [0, 0.05) is 5.69 Å². The van der Waals surface area contributed by atoms with E-state index in [1.807, 2.05) is 0 Å². The molecule has 0 atom stereocenters. The standard InChI is InChI=1S/C19H25N3O6S/c1-25-15-8-6-14(7-9-15)21-19(22-29(5,23)24)20-12-13-10-16(26-2)18(28-4)17(11-13)27-3/h6-11H,12H2,1-5H3,(H2,20,21,22). The average molecular weight is 423 g/mol. The fourth-order valence-electron chi connectivity index (χ4n) is 2.48. The topological polar surface area (TPSA) is 107 Å². The van der Waals surface area contributed by atoms with E-state index in [1.54, 1.807) is 43.5 Å². The normalized spacial score (nSPS) is 11.6. The molecule has 158 valence electrons. The van der Waals surface area contributed by atoms with Crippen molar-refractivity contribution in [1.29, 1.82) is 0 Å². The Morgan fingerprint density at radius 3 is 1.97 bits per heavy atom. The fraction of sp³-hybridized carbons (Fsp3) is 0.316. The van der Waals surface area contributed by atoms with Gasteiger partial charge >= 0.3 is 0 Å². The fourth-order valence-corrected chi connectivity index (χ4v) is 2.95. The summed E-state index contributed by atoms with van der Waals surface area (Å²) in [5.41, 5.74) is 1.38. The summed E-state index contributed by atoms with van der Waals surface area (Å²) in [5, 5.41) is 2.95. The van der Waals surface area contributed by atoms with Crippen LogP contribution in [0.3, 0.4) is 0 Å². The van der Waals surface area contributed by atoms with Crippen LogP contribution in [0.1, 0.15) is 5.56 Å². The molecule has 0 aromatic heterocycles. The molecule has 0 saturated heterocycles. The van der Waals surface area contributed by atoms with Crippen molar-refractivity contribution in [3.8, 4) is 23.0 Å². The molecule has 0 spiro atoms. The quantitative estimate of drug-likeness (QED) is 0.495. The largest absolute Gasteiger partial charge is 0.497 e. The second-order valence-electron chi connectivity index (χ2n) is 5.93. The van der Waals surface area contributed by atoms with Crippen molar-refractivity contribution in [3.63, 3.8) is 0 Å². The molecule has 0 fully saturated rings. The highest BCUT2D eigenvalue weighted by Gasteiger charge is 2.14. The summed E-state index contributed by atoms with van der Waals surface area (Å²) in [5.74, 6) is 2.19. The number of aliphatic imine (C=N–C) groups is 1. The van der Waals surface area contributed by atoms with E-state index >= 15 is 0 Å². The lowest BCUT2D eigenvalue weighted by Crippen LogP contribution is -2.35. The van der Waals surface area contributed by atoms with Crippen LogP contribution >= 0.6 is 0 Å². The molecule has 10 heteroatoms. The molecule has 0 unspecified atom stereocenters. The highest BCUT2D eigenvalue weighted by molar-refractivity contribution is 7.89. The predicted molar refractivity (Wildman–Crippen MR) is 112 cm³/mol. The second kappa shape index (κ2) is 9.87. The third kappa shape index (κ3) is 6.46. The van der Waals surface area contributed by atoms with Crippen LogP contribution in [-0.2, 0) is 16.6 Å². The minimum atomic E-state index is -3.53. The molecule has 0 aliphatic rings. The van der Waals surface area contributed by atoms with Crippen LogP contribution in [0.2, 0.25) is 0 Å². The Morgan fingerprint density at radius 2 is 1.52 bits per heavy atom. The molecule has 0 amide bonds. The highest BCUT2D eigenvalue weighted by atomic mass is 32.2. The Kier molecular flexibility index (Phi) is 7.54. The highest BCUT2D eigenvalue weighted by Crippen LogP contribution is 2.38. The number of hydrogen-bond donors (Lipinski definition) is 2. The van der Waals surface area contributed by atoms with Crippen molar-refractivity contribution in [2.24, 2.45) is 4.99 Å². The van der Waals surface area contributed by atoms with Gasteiger partial charge in [-0.15, -0.1) is 0 Å². The van der Waals surface area contributed by atoms with E-state index in [0.29, 0.717) is 28.7 Å². The molecule has 2 N–H and O–H groups in total. The number of hydrogen-bond acceptors (Lipinski definition) is 7. The zero-order valence-corrected chi connectivity index (χ0v) is 17.8. The molecule has 0 bridgehead atoms. The first-order valence-electron chi connectivity index (χ1n) is 8.51. The van der Waals surface area contributed by atoms with Crippen LogP contribution < -0.4 is 29.0 Å². The van der Waals surface area contributed by atoms with E-state index in [9.17, 15) is 8.42 Å². The van der Waals surface area contributed by atoms with E-state index in [-0.39, 0.29) is 12.5 Å². The molecule has 2 aromatic carbocycles. The average Bonchev–Trinajstić information content (AvgIpc) is 2.70. The van der Waals surface area contributed by atoms with Gasteiger partial charge in [0.05, 0.1) is 41.2 Å². The zero-order chi connectivity index (χ0) is 21.4. The Hall–Kier alpha value is -3.14. The summed E-state index contributed by atoms with van der Waals surface area (Å²) >= 11 is 0. The summed E-state index contributed by atoms with van der Waals surface area (Å²) in [6.45, 7) is 0.164. The Morgan fingerprint density at radius 1 is 0.931 bits per heavy atom. The zero-order valence-electron chi connectivity index (χ0n) is 17.0. The number of benzene rings is 2. The van der Waals surface area contributed by atoms with Gasteiger partial charge < -0.3 is 24.3 Å². The van der Waals surface area contributed by atoms with Crippen molar-refractivity contribution in [1.82, 2.24) is 4.72 Å². The lowest BCUT2D eigenvalue weighted by atomic mass is 10.2. The number of guanidine groups is 1. The first-order chi connectivity index (χ1) is 13.8. The lowest BCUT2D eigenvalue weighted by molar-refractivity contribution is 0.324. The SMILES string of the molecule is COc1ccc(NC(=NCc2cc(OC)c(OC)c(OC)c2)NS(C)(=O)=O)cc1. The molecule has 0 saturated carbocycles. The number of anilines is 1. The third-order valence-corrected chi connectivity index (χ3v) is 4.34. The van der Waals surface area contributed by atoms with Gasteiger partial charge in [-0.2, -0.15) is 0 Å². The van der Waals surface area contributed by atoms with Gasteiger partial charge in [-0.1, -0.05) is 0 Å². The van der Waals surface area contributed by atoms with Gasteiger partial charge in [-0.05, 0) is 42.0 Å². The van der Waals surface area contributed by atoms with Crippen LogP contribution in [0.4, 0.5) is 5.69 Å².